The van der Waals surface area contributed by atoms with Gasteiger partial charge in [-0.05, 0) is 22.4 Å². The number of benzene rings is 3. The molecule has 140 valence electrons. The molecular weight excluding hydrogens is 364 g/mol. The highest BCUT2D eigenvalue weighted by Crippen LogP contribution is 2.26. The fraction of sp³-hybridized carbons (Fsp3) is 0.208. The lowest BCUT2D eigenvalue weighted by Gasteiger charge is -2.29. The molecule has 4 aromatic rings. The van der Waals surface area contributed by atoms with Crippen LogP contribution in [-0.2, 0) is 11.3 Å². The zero-order valence-corrected chi connectivity index (χ0v) is 16.5. The van der Waals surface area contributed by atoms with Crippen molar-refractivity contribution in [3.8, 4) is 0 Å². The third kappa shape index (κ3) is 3.09. The van der Waals surface area contributed by atoms with Crippen LogP contribution in [0.3, 0.4) is 0 Å². The molecule has 3 nitrogen and oxygen atoms in total. The Morgan fingerprint density at radius 2 is 1.57 bits per heavy atom. The normalized spacial score (nSPS) is 14.6. The van der Waals surface area contributed by atoms with Crippen LogP contribution in [0.2, 0.25) is 0 Å². The number of thiocarbonyl (C=S) groups is 1. The molecule has 28 heavy (non-hydrogen) atoms. The summed E-state index contributed by atoms with van der Waals surface area (Å²) in [6.07, 6.45) is 2.23. The van der Waals surface area contributed by atoms with Crippen LogP contribution in [0.15, 0.2) is 72.9 Å². The molecule has 0 atom stereocenters. The Morgan fingerprint density at radius 1 is 0.857 bits per heavy atom. The molecule has 0 unspecified atom stereocenters. The molecule has 1 aliphatic rings. The molecule has 0 spiro atoms. The average molecular weight is 387 g/mol. The van der Waals surface area contributed by atoms with Crippen LogP contribution >= 0.6 is 12.2 Å². The average Bonchev–Trinajstić information content (AvgIpc) is 3.13. The maximum Gasteiger partial charge on any atom is 0.111 e. The van der Waals surface area contributed by atoms with E-state index in [1.54, 1.807) is 0 Å². The Bertz CT molecular complexity index is 1150. The Balaban J connectivity index is 1.57. The lowest BCUT2D eigenvalue weighted by molar-refractivity contribution is 0.0693. The number of para-hydroxylation sites is 1. The summed E-state index contributed by atoms with van der Waals surface area (Å²) in [6, 6.07) is 23.7. The summed E-state index contributed by atoms with van der Waals surface area (Å²) in [5.41, 5.74) is 3.69. The number of aromatic nitrogens is 1. The van der Waals surface area contributed by atoms with Crippen molar-refractivity contribution < 1.29 is 4.74 Å². The van der Waals surface area contributed by atoms with Gasteiger partial charge < -0.3 is 14.2 Å². The van der Waals surface area contributed by atoms with E-state index in [0.717, 1.165) is 43.4 Å². The monoisotopic (exact) mass is 386 g/mol. The second-order valence-electron chi connectivity index (χ2n) is 7.23. The first-order valence-corrected chi connectivity index (χ1v) is 10.1. The summed E-state index contributed by atoms with van der Waals surface area (Å²) in [5.74, 6) is 0. The van der Waals surface area contributed by atoms with Gasteiger partial charge in [-0.1, -0.05) is 72.9 Å². The minimum atomic E-state index is 0.745. The van der Waals surface area contributed by atoms with E-state index in [9.17, 15) is 0 Å². The van der Waals surface area contributed by atoms with Crippen molar-refractivity contribution >= 4 is 38.9 Å². The van der Waals surface area contributed by atoms with E-state index >= 15 is 0 Å². The van der Waals surface area contributed by atoms with Crippen LogP contribution in [0.25, 0.3) is 21.7 Å². The fourth-order valence-corrected chi connectivity index (χ4v) is 4.44. The standard InChI is InChI=1S/C24H22N2OS/c28-24(25-12-14-27-15-13-25)22-17-26(23-11-4-3-10-21(22)23)16-19-8-5-7-18-6-1-2-9-20(18)19/h1-11,17H,12-16H2. The first-order chi connectivity index (χ1) is 13.8. The van der Waals surface area contributed by atoms with Crippen molar-refractivity contribution in [3.63, 3.8) is 0 Å². The number of rotatable bonds is 3. The van der Waals surface area contributed by atoms with Gasteiger partial charge in [0, 0.05) is 42.3 Å². The lowest BCUT2D eigenvalue weighted by Crippen LogP contribution is -2.40. The van der Waals surface area contributed by atoms with Crippen molar-refractivity contribution in [1.82, 2.24) is 9.47 Å². The summed E-state index contributed by atoms with van der Waals surface area (Å²) in [7, 11) is 0. The highest BCUT2D eigenvalue weighted by Gasteiger charge is 2.19. The van der Waals surface area contributed by atoms with Crippen molar-refractivity contribution in [2.45, 2.75) is 6.54 Å². The van der Waals surface area contributed by atoms with Gasteiger partial charge in [-0.15, -0.1) is 0 Å². The van der Waals surface area contributed by atoms with Crippen LogP contribution in [0.1, 0.15) is 11.1 Å². The van der Waals surface area contributed by atoms with Gasteiger partial charge in [0.25, 0.3) is 0 Å². The number of fused-ring (bicyclic) bond motifs is 2. The number of hydrogen-bond donors (Lipinski definition) is 0. The maximum absolute atomic E-state index is 5.88. The molecule has 0 amide bonds. The Kier molecular flexibility index (Phi) is 4.59. The molecule has 1 fully saturated rings. The predicted molar refractivity (Wildman–Crippen MR) is 119 cm³/mol. The predicted octanol–water partition coefficient (Wildman–Crippen LogP) is 4.85. The smallest absolute Gasteiger partial charge is 0.111 e. The Morgan fingerprint density at radius 3 is 2.43 bits per heavy atom. The van der Waals surface area contributed by atoms with Crippen molar-refractivity contribution in [3.05, 3.63) is 84.1 Å². The largest absolute Gasteiger partial charge is 0.378 e. The molecule has 0 bridgehead atoms. The quantitative estimate of drug-likeness (QED) is 0.469. The van der Waals surface area contributed by atoms with Crippen LogP contribution in [0, 0.1) is 0 Å². The Labute approximate surface area is 170 Å². The van der Waals surface area contributed by atoms with Crippen LogP contribution < -0.4 is 0 Å². The third-order valence-electron chi connectivity index (χ3n) is 5.54. The molecule has 1 aliphatic heterocycles. The minimum absolute atomic E-state index is 0.745. The first-order valence-electron chi connectivity index (χ1n) is 9.73. The van der Waals surface area contributed by atoms with Gasteiger partial charge in [-0.2, -0.15) is 0 Å². The molecule has 4 heteroatoms. The zero-order valence-electron chi connectivity index (χ0n) is 15.7. The minimum Gasteiger partial charge on any atom is -0.378 e. The van der Waals surface area contributed by atoms with Crippen LogP contribution in [0.5, 0.6) is 0 Å². The van der Waals surface area contributed by atoms with Gasteiger partial charge >= 0.3 is 0 Å². The third-order valence-corrected chi connectivity index (χ3v) is 6.02. The molecule has 5 rings (SSSR count). The molecule has 0 aliphatic carbocycles. The Hall–Kier alpha value is -2.69. The SMILES string of the molecule is S=C(c1cn(Cc2cccc3ccccc23)c2ccccc12)N1CCOCC1. The van der Waals surface area contributed by atoms with Crippen molar-refractivity contribution in [1.29, 1.82) is 0 Å². The second-order valence-corrected chi connectivity index (χ2v) is 7.62. The van der Waals surface area contributed by atoms with Gasteiger partial charge in [0.15, 0.2) is 0 Å². The van der Waals surface area contributed by atoms with Crippen LogP contribution in [-0.4, -0.2) is 40.8 Å². The molecule has 1 saturated heterocycles. The van der Waals surface area contributed by atoms with E-state index in [0.29, 0.717) is 0 Å². The number of ether oxygens (including phenoxy) is 1. The summed E-state index contributed by atoms with van der Waals surface area (Å²) in [6.45, 7) is 4.04. The van der Waals surface area contributed by atoms with Crippen molar-refractivity contribution in [2.75, 3.05) is 26.3 Å². The molecule has 0 radical (unpaired) electrons. The zero-order chi connectivity index (χ0) is 18.9. The highest BCUT2D eigenvalue weighted by molar-refractivity contribution is 7.80. The number of nitrogens with zero attached hydrogens (tertiary/aromatic N) is 2. The molecule has 0 N–H and O–H groups in total. The van der Waals surface area contributed by atoms with Gasteiger partial charge in [0.2, 0.25) is 0 Å². The number of morpholine rings is 1. The summed E-state index contributed by atoms with van der Waals surface area (Å²) in [4.78, 5) is 3.19. The fourth-order valence-electron chi connectivity index (χ4n) is 4.10. The molecule has 1 aromatic heterocycles. The first kappa shape index (κ1) is 17.4. The van der Waals surface area contributed by atoms with Crippen LogP contribution in [0.4, 0.5) is 0 Å². The second kappa shape index (κ2) is 7.38. The molecule has 3 aromatic carbocycles. The molecule has 0 saturated carbocycles. The van der Waals surface area contributed by atoms with Gasteiger partial charge in [0.05, 0.1) is 13.2 Å². The van der Waals surface area contributed by atoms with Crippen molar-refractivity contribution in [2.24, 2.45) is 0 Å². The van der Waals surface area contributed by atoms with E-state index in [1.165, 1.54) is 27.2 Å². The van der Waals surface area contributed by atoms with Gasteiger partial charge in [0.1, 0.15) is 4.99 Å². The maximum atomic E-state index is 5.88. The van der Waals surface area contributed by atoms with E-state index in [-0.39, 0.29) is 0 Å². The van der Waals surface area contributed by atoms with E-state index in [2.05, 4.69) is 82.4 Å². The van der Waals surface area contributed by atoms with Gasteiger partial charge in [-0.25, -0.2) is 0 Å². The summed E-state index contributed by atoms with van der Waals surface area (Å²) >= 11 is 5.88. The number of hydrogen-bond acceptors (Lipinski definition) is 2. The highest BCUT2D eigenvalue weighted by atomic mass is 32.1. The summed E-state index contributed by atoms with van der Waals surface area (Å²) < 4.78 is 7.82. The van der Waals surface area contributed by atoms with E-state index in [4.69, 9.17) is 17.0 Å². The molecule has 2 heterocycles. The summed E-state index contributed by atoms with van der Waals surface area (Å²) in [5, 5.41) is 3.81. The topological polar surface area (TPSA) is 17.4 Å². The van der Waals surface area contributed by atoms with E-state index in [1.807, 2.05) is 0 Å². The van der Waals surface area contributed by atoms with Gasteiger partial charge in [-0.3, -0.25) is 0 Å². The molecular formula is C24H22N2OS. The van der Waals surface area contributed by atoms with E-state index < -0.39 is 0 Å². The lowest BCUT2D eigenvalue weighted by atomic mass is 10.0.